The first kappa shape index (κ1) is 19.4. The number of amides is 1. The van der Waals surface area contributed by atoms with Crippen LogP contribution in [0.1, 0.15) is 50.7 Å². The molecule has 2 fully saturated rings. The predicted molar refractivity (Wildman–Crippen MR) is 115 cm³/mol. The molecule has 8 heteroatoms. The average Bonchev–Trinajstić information content (AvgIpc) is 3.43. The molecular formula is C22H30N7O+. The van der Waals surface area contributed by atoms with Crippen LogP contribution in [0.15, 0.2) is 24.9 Å². The summed E-state index contributed by atoms with van der Waals surface area (Å²) in [5, 5.41) is 0. The summed E-state index contributed by atoms with van der Waals surface area (Å²) >= 11 is 0. The Morgan fingerprint density at radius 1 is 1.13 bits per heavy atom. The van der Waals surface area contributed by atoms with Gasteiger partial charge in [0.1, 0.15) is 18.2 Å². The third kappa shape index (κ3) is 2.80. The molecule has 2 aliphatic heterocycles. The first-order valence-electron chi connectivity index (χ1n) is 11.1. The third-order valence-corrected chi connectivity index (χ3v) is 7.14. The Morgan fingerprint density at radius 2 is 1.90 bits per heavy atom. The Balaban J connectivity index is 1.60. The van der Waals surface area contributed by atoms with E-state index in [0.717, 1.165) is 72.8 Å². The lowest BCUT2D eigenvalue weighted by atomic mass is 10.1. The molecule has 1 saturated carbocycles. The summed E-state index contributed by atoms with van der Waals surface area (Å²) in [6.07, 6.45) is 10.7. The number of fused-ring (bicyclic) bond motifs is 1. The molecule has 0 bridgehead atoms. The van der Waals surface area contributed by atoms with Crippen molar-refractivity contribution in [3.63, 3.8) is 0 Å². The van der Waals surface area contributed by atoms with E-state index in [1.807, 2.05) is 25.5 Å². The maximum absolute atomic E-state index is 12.8. The summed E-state index contributed by atoms with van der Waals surface area (Å²) in [6.45, 7) is 9.68. The van der Waals surface area contributed by atoms with Crippen molar-refractivity contribution < 1.29 is 4.79 Å². The fourth-order valence-corrected chi connectivity index (χ4v) is 5.54. The molecule has 0 N–H and O–H groups in total. The summed E-state index contributed by atoms with van der Waals surface area (Å²) in [6, 6.07) is 0.297. The Kier molecular flexibility index (Phi) is 4.69. The highest BCUT2D eigenvalue weighted by Crippen LogP contribution is 2.52. The smallest absolute Gasteiger partial charge is 0.225 e. The number of likely N-dealkylation sites (tertiary alicyclic amines) is 1. The zero-order valence-electron chi connectivity index (χ0n) is 18.0. The number of likely N-dealkylation sites (N-methyl/N-ethyl adjacent to an activating group) is 1. The molecule has 5 rings (SSSR count). The molecule has 0 aromatic carbocycles. The summed E-state index contributed by atoms with van der Waals surface area (Å²) in [4.78, 5) is 35.4. The van der Waals surface area contributed by atoms with Gasteiger partial charge in [0.05, 0.1) is 24.8 Å². The van der Waals surface area contributed by atoms with E-state index < -0.39 is 0 Å². The van der Waals surface area contributed by atoms with Gasteiger partial charge >= 0.3 is 0 Å². The SMILES string of the molecule is CCN1c2ncncc2[N+](CC)(C2CCN(C(=O)C3CC3)C2)C1c1cnc(C)nc1. The van der Waals surface area contributed by atoms with Gasteiger partial charge in [0.25, 0.3) is 0 Å². The quantitative estimate of drug-likeness (QED) is 0.708. The molecule has 1 saturated heterocycles. The molecule has 30 heavy (non-hydrogen) atoms. The van der Waals surface area contributed by atoms with Gasteiger partial charge in [-0.3, -0.25) is 14.2 Å². The Hall–Kier alpha value is -2.61. The Morgan fingerprint density at radius 3 is 2.57 bits per heavy atom. The fourth-order valence-electron chi connectivity index (χ4n) is 5.54. The summed E-state index contributed by atoms with van der Waals surface area (Å²) < 4.78 is 0.727. The predicted octanol–water partition coefficient (Wildman–Crippen LogP) is 2.45. The Bertz CT molecular complexity index is 945. The number of anilines is 1. The van der Waals surface area contributed by atoms with Crippen molar-refractivity contribution >= 4 is 17.4 Å². The van der Waals surface area contributed by atoms with Crippen molar-refractivity contribution in [2.24, 2.45) is 5.92 Å². The van der Waals surface area contributed by atoms with Crippen LogP contribution in [0.3, 0.4) is 0 Å². The van der Waals surface area contributed by atoms with Gasteiger partial charge in [0, 0.05) is 37.8 Å². The van der Waals surface area contributed by atoms with Gasteiger partial charge in [0.15, 0.2) is 11.5 Å². The number of carbonyl (C=O) groups is 1. The molecule has 0 radical (unpaired) electrons. The fraction of sp³-hybridized carbons (Fsp3) is 0.591. The highest BCUT2D eigenvalue weighted by atomic mass is 16.2. The van der Waals surface area contributed by atoms with Gasteiger partial charge in [-0.25, -0.2) is 19.9 Å². The lowest BCUT2D eigenvalue weighted by molar-refractivity contribution is -0.131. The van der Waals surface area contributed by atoms with E-state index >= 15 is 0 Å². The van der Waals surface area contributed by atoms with Crippen LogP contribution in [0, 0.1) is 12.8 Å². The van der Waals surface area contributed by atoms with Crippen LogP contribution in [-0.2, 0) is 4.79 Å². The number of quaternary nitrogens is 1. The molecule has 1 amide bonds. The van der Waals surface area contributed by atoms with E-state index in [4.69, 9.17) is 0 Å². The van der Waals surface area contributed by atoms with E-state index in [2.05, 4.69) is 43.6 Å². The van der Waals surface area contributed by atoms with Crippen LogP contribution < -0.4 is 9.38 Å². The van der Waals surface area contributed by atoms with Crippen LogP contribution in [0.5, 0.6) is 0 Å². The van der Waals surface area contributed by atoms with Crippen molar-refractivity contribution in [2.45, 2.75) is 52.2 Å². The first-order chi connectivity index (χ1) is 14.6. The van der Waals surface area contributed by atoms with Crippen LogP contribution >= 0.6 is 0 Å². The molecule has 2 aromatic heterocycles. The van der Waals surface area contributed by atoms with E-state index in [9.17, 15) is 4.79 Å². The summed E-state index contributed by atoms with van der Waals surface area (Å²) in [5.41, 5.74) is 2.24. The van der Waals surface area contributed by atoms with Crippen molar-refractivity contribution in [3.05, 3.63) is 36.3 Å². The molecule has 0 spiro atoms. The molecule has 3 aliphatic rings. The normalized spacial score (nSPS) is 28.1. The van der Waals surface area contributed by atoms with Gasteiger partial charge in [-0.1, -0.05) is 0 Å². The van der Waals surface area contributed by atoms with Gasteiger partial charge < -0.3 is 4.90 Å². The number of aryl methyl sites for hydroxylation is 1. The molecule has 1 aliphatic carbocycles. The van der Waals surface area contributed by atoms with E-state index in [1.54, 1.807) is 6.33 Å². The first-order valence-corrected chi connectivity index (χ1v) is 11.1. The maximum atomic E-state index is 12.8. The largest absolute Gasteiger partial charge is 0.336 e. The van der Waals surface area contributed by atoms with Gasteiger partial charge in [-0.05, 0) is 33.6 Å². The van der Waals surface area contributed by atoms with Gasteiger partial charge in [-0.15, -0.1) is 0 Å². The topological polar surface area (TPSA) is 75.1 Å². The van der Waals surface area contributed by atoms with Crippen LogP contribution in [0.2, 0.25) is 0 Å². The lowest BCUT2D eigenvalue weighted by Crippen LogP contribution is -2.60. The molecule has 3 atom stereocenters. The molecule has 4 heterocycles. The van der Waals surface area contributed by atoms with Crippen molar-refractivity contribution in [1.29, 1.82) is 0 Å². The molecular weight excluding hydrogens is 378 g/mol. The average molecular weight is 409 g/mol. The molecule has 158 valence electrons. The lowest BCUT2D eigenvalue weighted by Gasteiger charge is -2.44. The van der Waals surface area contributed by atoms with Crippen molar-refractivity contribution in [3.8, 4) is 0 Å². The highest BCUT2D eigenvalue weighted by molar-refractivity contribution is 5.81. The second-order valence-corrected chi connectivity index (χ2v) is 8.70. The molecule has 3 unspecified atom stereocenters. The van der Waals surface area contributed by atoms with Crippen molar-refractivity contribution in [2.75, 3.05) is 31.1 Å². The van der Waals surface area contributed by atoms with Gasteiger partial charge in [-0.2, -0.15) is 0 Å². The van der Waals surface area contributed by atoms with E-state index in [1.165, 1.54) is 0 Å². The van der Waals surface area contributed by atoms with Crippen LogP contribution in [0.25, 0.3) is 0 Å². The van der Waals surface area contributed by atoms with E-state index in [-0.39, 0.29) is 12.1 Å². The minimum atomic E-state index is 0.0354. The minimum Gasteiger partial charge on any atom is -0.336 e. The number of carbonyl (C=O) groups excluding carboxylic acids is 1. The minimum absolute atomic E-state index is 0.0354. The third-order valence-electron chi connectivity index (χ3n) is 7.14. The zero-order valence-corrected chi connectivity index (χ0v) is 18.0. The van der Waals surface area contributed by atoms with Gasteiger partial charge in [0.2, 0.25) is 12.1 Å². The van der Waals surface area contributed by atoms with Crippen LogP contribution in [0.4, 0.5) is 11.5 Å². The standard InChI is InChI=1S/C22H30N7O/c1-4-28-20-19(12-23-14-26-20)29(5-2,21(28)17-10-24-15(3)25-11-17)18-8-9-27(13-18)22(30)16-6-7-16/h10-12,14,16,18,21H,4-9,13H2,1-3H3/q+1. The van der Waals surface area contributed by atoms with Crippen molar-refractivity contribution in [1.82, 2.24) is 29.3 Å². The summed E-state index contributed by atoms with van der Waals surface area (Å²) in [7, 11) is 0. The number of hydrogen-bond donors (Lipinski definition) is 0. The second kappa shape index (κ2) is 7.27. The summed E-state index contributed by atoms with van der Waals surface area (Å²) in [5.74, 6) is 2.38. The maximum Gasteiger partial charge on any atom is 0.225 e. The number of hydrogen-bond acceptors (Lipinski definition) is 6. The molecule has 8 nitrogen and oxygen atoms in total. The second-order valence-electron chi connectivity index (χ2n) is 8.70. The Labute approximate surface area is 177 Å². The number of aromatic nitrogens is 4. The van der Waals surface area contributed by atoms with E-state index in [0.29, 0.717) is 11.9 Å². The zero-order chi connectivity index (χ0) is 20.9. The highest BCUT2D eigenvalue weighted by Gasteiger charge is 2.58. The number of nitrogens with zero attached hydrogens (tertiary/aromatic N) is 7. The van der Waals surface area contributed by atoms with Crippen LogP contribution in [-0.4, -0.2) is 63.0 Å². The monoisotopic (exact) mass is 408 g/mol. The molecule has 2 aromatic rings. The number of rotatable bonds is 5.